The van der Waals surface area contributed by atoms with Gasteiger partial charge >= 0.3 is 0 Å². The molecule has 5 nitrogen and oxygen atoms in total. The van der Waals surface area contributed by atoms with Crippen molar-refractivity contribution in [1.29, 1.82) is 0 Å². The molecule has 2 heterocycles. The topological polar surface area (TPSA) is 64.0 Å². The molecule has 0 aliphatic rings. The van der Waals surface area contributed by atoms with Crippen LogP contribution in [0.4, 0.5) is 0 Å². The fourth-order valence-corrected chi connectivity index (χ4v) is 4.33. The van der Waals surface area contributed by atoms with E-state index in [2.05, 4.69) is 10.3 Å². The van der Waals surface area contributed by atoms with Gasteiger partial charge in [-0.3, -0.25) is 14.2 Å². The number of hydrogen-bond acceptors (Lipinski definition) is 5. The van der Waals surface area contributed by atoms with Gasteiger partial charge in [0.05, 0.1) is 17.0 Å². The Morgan fingerprint density at radius 3 is 2.77 bits per heavy atom. The van der Waals surface area contributed by atoms with Crippen LogP contribution in [0.1, 0.15) is 25.0 Å². The summed E-state index contributed by atoms with van der Waals surface area (Å²) in [5, 5.41) is 5.27. The molecule has 0 bridgehead atoms. The first kappa shape index (κ1) is 18.7. The van der Waals surface area contributed by atoms with Gasteiger partial charge in [0.25, 0.3) is 5.56 Å². The fraction of sp³-hybridized carbons (Fsp3) is 0.316. The van der Waals surface area contributed by atoms with Crippen molar-refractivity contribution in [3.63, 3.8) is 0 Å². The molecule has 0 saturated heterocycles. The number of carbonyl (C=O) groups excluding carboxylic acids is 1. The van der Waals surface area contributed by atoms with E-state index in [1.54, 1.807) is 4.57 Å². The van der Waals surface area contributed by atoms with Gasteiger partial charge in [-0.25, -0.2) is 4.98 Å². The summed E-state index contributed by atoms with van der Waals surface area (Å²) in [4.78, 5) is 29.8. The van der Waals surface area contributed by atoms with Crippen LogP contribution >= 0.6 is 23.1 Å². The van der Waals surface area contributed by atoms with E-state index in [-0.39, 0.29) is 23.3 Å². The Balaban J connectivity index is 2.09. The van der Waals surface area contributed by atoms with Crippen molar-refractivity contribution >= 4 is 39.2 Å². The quantitative estimate of drug-likeness (QED) is 0.536. The van der Waals surface area contributed by atoms with E-state index in [1.165, 1.54) is 23.1 Å². The Hall–Kier alpha value is -2.12. The number of thiophene rings is 1. The van der Waals surface area contributed by atoms with Crippen LogP contribution in [0.3, 0.4) is 0 Å². The average Bonchev–Trinajstić information content (AvgIpc) is 3.02. The Labute approximate surface area is 160 Å². The van der Waals surface area contributed by atoms with Crippen molar-refractivity contribution in [2.24, 2.45) is 0 Å². The predicted octanol–water partition coefficient (Wildman–Crippen LogP) is 3.68. The average molecular weight is 388 g/mol. The predicted molar refractivity (Wildman–Crippen MR) is 109 cm³/mol. The largest absolute Gasteiger partial charge is 0.353 e. The van der Waals surface area contributed by atoms with Crippen molar-refractivity contribution in [2.75, 3.05) is 5.75 Å². The molecular weight excluding hydrogens is 366 g/mol. The molecule has 0 fully saturated rings. The first-order valence-electron chi connectivity index (χ1n) is 8.37. The second kappa shape index (κ2) is 7.63. The zero-order valence-corrected chi connectivity index (χ0v) is 16.8. The standard InChI is InChI=1S/C19H21N3O2S2/c1-11(2)20-16(23)10-26-19-21-14-7-8-25-17(14)18(24)22(19)15-6-5-12(3)9-13(15)4/h5-9,11H,10H2,1-4H3,(H,20,23). The molecule has 0 aliphatic carbocycles. The minimum absolute atomic E-state index is 0.0724. The van der Waals surface area contributed by atoms with Crippen molar-refractivity contribution in [1.82, 2.24) is 14.9 Å². The van der Waals surface area contributed by atoms with Crippen LogP contribution in [0.2, 0.25) is 0 Å². The van der Waals surface area contributed by atoms with Crippen molar-refractivity contribution in [3.8, 4) is 5.69 Å². The van der Waals surface area contributed by atoms with Crippen LogP contribution in [0.25, 0.3) is 15.9 Å². The van der Waals surface area contributed by atoms with E-state index in [9.17, 15) is 9.59 Å². The number of aryl methyl sites for hydroxylation is 2. The third-order valence-corrected chi connectivity index (χ3v) is 5.65. The zero-order valence-electron chi connectivity index (χ0n) is 15.2. The van der Waals surface area contributed by atoms with Gasteiger partial charge in [-0.05, 0) is 50.8 Å². The molecular formula is C19H21N3O2S2. The zero-order chi connectivity index (χ0) is 18.8. The molecule has 1 aromatic carbocycles. The number of carbonyl (C=O) groups is 1. The third-order valence-electron chi connectivity index (χ3n) is 3.82. The summed E-state index contributed by atoms with van der Waals surface area (Å²) in [5.41, 5.74) is 3.51. The van der Waals surface area contributed by atoms with Crippen molar-refractivity contribution in [2.45, 2.75) is 38.9 Å². The molecule has 0 saturated carbocycles. The highest BCUT2D eigenvalue weighted by atomic mass is 32.2. The summed E-state index contributed by atoms with van der Waals surface area (Å²) in [5.74, 6) is 0.141. The number of thioether (sulfide) groups is 1. The summed E-state index contributed by atoms with van der Waals surface area (Å²) in [6.07, 6.45) is 0. The molecule has 0 atom stereocenters. The molecule has 0 spiro atoms. The van der Waals surface area contributed by atoms with Gasteiger partial charge in [0, 0.05) is 6.04 Å². The highest BCUT2D eigenvalue weighted by Gasteiger charge is 2.17. The number of aromatic nitrogens is 2. The second-order valence-corrected chi connectivity index (χ2v) is 8.33. The van der Waals surface area contributed by atoms with Gasteiger partial charge in [0.1, 0.15) is 4.70 Å². The van der Waals surface area contributed by atoms with E-state index in [4.69, 9.17) is 0 Å². The van der Waals surface area contributed by atoms with E-state index < -0.39 is 0 Å². The number of hydrogen-bond donors (Lipinski definition) is 1. The number of nitrogens with one attached hydrogen (secondary N) is 1. The molecule has 1 N–H and O–H groups in total. The van der Waals surface area contributed by atoms with Crippen LogP contribution < -0.4 is 10.9 Å². The molecule has 136 valence electrons. The molecule has 3 rings (SSSR count). The summed E-state index contributed by atoms with van der Waals surface area (Å²) in [7, 11) is 0. The maximum atomic E-state index is 13.1. The maximum absolute atomic E-state index is 13.1. The molecule has 0 unspecified atom stereocenters. The van der Waals surface area contributed by atoms with Gasteiger partial charge in [0.2, 0.25) is 5.91 Å². The second-order valence-electron chi connectivity index (χ2n) is 6.47. The minimum Gasteiger partial charge on any atom is -0.353 e. The number of fused-ring (bicyclic) bond motifs is 1. The molecule has 2 aromatic heterocycles. The van der Waals surface area contributed by atoms with Crippen LogP contribution in [-0.2, 0) is 4.79 Å². The monoisotopic (exact) mass is 387 g/mol. The lowest BCUT2D eigenvalue weighted by Crippen LogP contribution is -2.32. The van der Waals surface area contributed by atoms with Gasteiger partial charge < -0.3 is 5.32 Å². The Morgan fingerprint density at radius 1 is 1.31 bits per heavy atom. The SMILES string of the molecule is Cc1ccc(-n2c(SCC(=O)NC(C)C)nc3ccsc3c2=O)c(C)c1. The first-order chi connectivity index (χ1) is 12.4. The summed E-state index contributed by atoms with van der Waals surface area (Å²) < 4.78 is 2.25. The van der Waals surface area contributed by atoms with E-state index in [0.717, 1.165) is 16.8 Å². The summed E-state index contributed by atoms with van der Waals surface area (Å²) in [6, 6.07) is 7.88. The highest BCUT2D eigenvalue weighted by Crippen LogP contribution is 2.25. The van der Waals surface area contributed by atoms with Gasteiger partial charge in [-0.2, -0.15) is 0 Å². The van der Waals surface area contributed by atoms with Crippen LogP contribution in [0.15, 0.2) is 39.6 Å². The Morgan fingerprint density at radius 2 is 2.08 bits per heavy atom. The summed E-state index contributed by atoms with van der Waals surface area (Å²) in [6.45, 7) is 7.84. The van der Waals surface area contributed by atoms with Crippen LogP contribution in [0, 0.1) is 13.8 Å². The maximum Gasteiger partial charge on any atom is 0.276 e. The van der Waals surface area contributed by atoms with Gasteiger partial charge in [0.15, 0.2) is 5.16 Å². The molecule has 7 heteroatoms. The lowest BCUT2D eigenvalue weighted by molar-refractivity contribution is -0.119. The lowest BCUT2D eigenvalue weighted by atomic mass is 10.1. The smallest absolute Gasteiger partial charge is 0.276 e. The number of amides is 1. The van der Waals surface area contributed by atoms with Crippen molar-refractivity contribution < 1.29 is 4.79 Å². The molecule has 0 radical (unpaired) electrons. The fourth-order valence-electron chi connectivity index (χ4n) is 2.75. The Kier molecular flexibility index (Phi) is 5.48. The summed E-state index contributed by atoms with van der Waals surface area (Å²) >= 11 is 2.67. The normalized spacial score (nSPS) is 11.3. The van der Waals surface area contributed by atoms with E-state index in [1.807, 2.05) is 57.3 Å². The van der Waals surface area contributed by atoms with Crippen molar-refractivity contribution in [3.05, 3.63) is 51.1 Å². The molecule has 3 aromatic rings. The Bertz CT molecular complexity index is 1020. The lowest BCUT2D eigenvalue weighted by Gasteiger charge is -2.15. The highest BCUT2D eigenvalue weighted by molar-refractivity contribution is 7.99. The van der Waals surface area contributed by atoms with Gasteiger partial charge in [-0.15, -0.1) is 11.3 Å². The van der Waals surface area contributed by atoms with Gasteiger partial charge in [-0.1, -0.05) is 29.5 Å². The number of nitrogens with zero attached hydrogens (tertiary/aromatic N) is 2. The van der Waals surface area contributed by atoms with E-state index in [0.29, 0.717) is 15.4 Å². The van der Waals surface area contributed by atoms with Crippen LogP contribution in [0.5, 0.6) is 0 Å². The molecule has 1 amide bonds. The minimum atomic E-state index is -0.0938. The third kappa shape index (κ3) is 3.83. The molecule has 0 aliphatic heterocycles. The number of benzene rings is 1. The van der Waals surface area contributed by atoms with Crippen LogP contribution in [-0.4, -0.2) is 27.3 Å². The molecule has 26 heavy (non-hydrogen) atoms. The number of rotatable bonds is 5. The first-order valence-corrected chi connectivity index (χ1v) is 10.2. The van der Waals surface area contributed by atoms with E-state index >= 15 is 0 Å².